The number of hydrogen-bond acceptors (Lipinski definition) is 4. The van der Waals surface area contributed by atoms with Gasteiger partial charge in [0.05, 0.1) is 5.41 Å². The Labute approximate surface area is 165 Å². The van der Waals surface area contributed by atoms with E-state index in [4.69, 9.17) is 0 Å². The van der Waals surface area contributed by atoms with Crippen molar-refractivity contribution in [2.75, 3.05) is 5.32 Å². The van der Waals surface area contributed by atoms with Gasteiger partial charge in [-0.2, -0.15) is 0 Å². The summed E-state index contributed by atoms with van der Waals surface area (Å²) in [6, 6.07) is 14.0. The van der Waals surface area contributed by atoms with Gasteiger partial charge in [0.15, 0.2) is 11.5 Å². The minimum Gasteiger partial charge on any atom is -0.395 e. The van der Waals surface area contributed by atoms with Gasteiger partial charge in [-0.05, 0) is 42.0 Å². The molecule has 2 aliphatic rings. The van der Waals surface area contributed by atoms with Crippen molar-refractivity contribution in [3.63, 3.8) is 0 Å². The van der Waals surface area contributed by atoms with Crippen LogP contribution in [0.5, 0.6) is 11.5 Å². The molecule has 2 aromatic carbocycles. The molecule has 5 rings (SSSR count). The van der Waals surface area contributed by atoms with Crippen LogP contribution in [0.15, 0.2) is 54.7 Å². The number of anilines is 1. The summed E-state index contributed by atoms with van der Waals surface area (Å²) in [6.45, 7) is 0. The molecule has 0 saturated heterocycles. The normalized spacial score (nSPS) is 17.6. The molecule has 1 saturated carbocycles. The smallest absolute Gasteiger partial charge is 0.395 e. The molecular weight excluding hydrogens is 390 g/mol. The van der Waals surface area contributed by atoms with Crippen molar-refractivity contribution < 1.29 is 23.0 Å². The first kappa shape index (κ1) is 18.4. The van der Waals surface area contributed by atoms with Crippen molar-refractivity contribution in [3.05, 3.63) is 60.3 Å². The van der Waals surface area contributed by atoms with E-state index >= 15 is 0 Å². The molecule has 1 aliphatic carbocycles. The number of aromatic nitrogens is 1. The molecular formula is C20H15ClF2N2O3. The highest BCUT2D eigenvalue weighted by Gasteiger charge is 2.52. The first-order chi connectivity index (χ1) is 13.0. The number of carbonyl (C=O) groups is 1. The van der Waals surface area contributed by atoms with E-state index in [1.165, 1.54) is 12.1 Å². The van der Waals surface area contributed by atoms with E-state index in [-0.39, 0.29) is 29.8 Å². The Balaban J connectivity index is 0.00000192. The number of rotatable bonds is 3. The van der Waals surface area contributed by atoms with Crippen molar-refractivity contribution in [1.29, 1.82) is 0 Å². The maximum atomic E-state index is 13.2. The van der Waals surface area contributed by atoms with Crippen molar-refractivity contribution in [1.82, 2.24) is 4.98 Å². The summed E-state index contributed by atoms with van der Waals surface area (Å²) >= 11 is 0. The zero-order valence-corrected chi connectivity index (χ0v) is 15.3. The summed E-state index contributed by atoms with van der Waals surface area (Å²) in [4.78, 5) is 17.2. The van der Waals surface area contributed by atoms with Crippen LogP contribution >= 0.6 is 12.4 Å². The fraction of sp³-hybridized carbons (Fsp3) is 0.200. The third kappa shape index (κ3) is 3.01. The predicted molar refractivity (Wildman–Crippen MR) is 101 cm³/mol. The van der Waals surface area contributed by atoms with Gasteiger partial charge in [-0.15, -0.1) is 21.2 Å². The van der Waals surface area contributed by atoms with Crippen LogP contribution in [0.1, 0.15) is 18.4 Å². The second kappa shape index (κ2) is 6.31. The highest BCUT2D eigenvalue weighted by molar-refractivity contribution is 6.02. The summed E-state index contributed by atoms with van der Waals surface area (Å²) < 4.78 is 35.4. The number of carbonyl (C=O) groups excluding carboxylic acids is 1. The highest BCUT2D eigenvalue weighted by atomic mass is 35.5. The lowest BCUT2D eigenvalue weighted by atomic mass is 9.94. The van der Waals surface area contributed by atoms with E-state index in [1.54, 1.807) is 12.3 Å². The lowest BCUT2D eigenvalue weighted by Gasteiger charge is -2.16. The Hall–Kier alpha value is -2.93. The van der Waals surface area contributed by atoms with Crippen LogP contribution in [0.25, 0.3) is 10.8 Å². The molecule has 2 heterocycles. The number of nitrogens with one attached hydrogen (secondary N) is 1. The van der Waals surface area contributed by atoms with E-state index < -0.39 is 11.7 Å². The van der Waals surface area contributed by atoms with Crippen LogP contribution in [0.3, 0.4) is 0 Å². The van der Waals surface area contributed by atoms with Gasteiger partial charge in [-0.25, -0.2) is 4.98 Å². The summed E-state index contributed by atoms with van der Waals surface area (Å²) in [5.41, 5.74) is -0.135. The molecule has 1 aromatic heterocycles. The van der Waals surface area contributed by atoms with Crippen LogP contribution in [0, 0.1) is 0 Å². The monoisotopic (exact) mass is 404 g/mol. The SMILES string of the molecule is Cl.O=C(Nc1cc2ccccc2cn1)C1(c2ccc3c(c2)OC(F)(F)O3)CC1. The van der Waals surface area contributed by atoms with Gasteiger partial charge in [0.25, 0.3) is 0 Å². The van der Waals surface area contributed by atoms with Gasteiger partial charge in [0, 0.05) is 11.6 Å². The predicted octanol–water partition coefficient (Wildman–Crippen LogP) is 4.65. The van der Waals surface area contributed by atoms with Crippen molar-refractivity contribution in [3.8, 4) is 11.5 Å². The van der Waals surface area contributed by atoms with E-state index in [1.807, 2.05) is 30.3 Å². The molecule has 1 aliphatic heterocycles. The van der Waals surface area contributed by atoms with Crippen LogP contribution in [0.4, 0.5) is 14.6 Å². The lowest BCUT2D eigenvalue weighted by molar-refractivity contribution is -0.286. The maximum absolute atomic E-state index is 13.2. The molecule has 3 aromatic rings. The summed E-state index contributed by atoms with van der Waals surface area (Å²) in [5, 5.41) is 4.80. The number of benzene rings is 2. The minimum atomic E-state index is -3.67. The molecule has 8 heteroatoms. The Morgan fingerprint density at radius 3 is 2.46 bits per heavy atom. The number of ether oxygens (including phenoxy) is 2. The maximum Gasteiger partial charge on any atom is 0.586 e. The molecule has 0 atom stereocenters. The standard InChI is InChI=1S/C20H14F2N2O3.ClH/c21-20(22)26-15-6-5-14(10-16(15)27-20)19(7-8-19)18(25)24-17-9-12-3-1-2-4-13(12)11-23-17;/h1-6,9-11H,7-8H2,(H,23,24,25);1H. The Morgan fingerprint density at radius 1 is 1.00 bits per heavy atom. The summed E-state index contributed by atoms with van der Waals surface area (Å²) in [6.07, 6.45) is -0.715. The molecule has 28 heavy (non-hydrogen) atoms. The zero-order valence-electron chi connectivity index (χ0n) is 14.4. The molecule has 1 N–H and O–H groups in total. The Kier molecular flexibility index (Phi) is 4.15. The molecule has 0 unspecified atom stereocenters. The Bertz CT molecular complexity index is 1090. The topological polar surface area (TPSA) is 60.5 Å². The molecule has 0 bridgehead atoms. The van der Waals surface area contributed by atoms with Gasteiger partial charge in [-0.3, -0.25) is 4.79 Å². The van der Waals surface area contributed by atoms with Gasteiger partial charge < -0.3 is 14.8 Å². The number of amides is 1. The van der Waals surface area contributed by atoms with Gasteiger partial charge >= 0.3 is 6.29 Å². The summed E-state index contributed by atoms with van der Waals surface area (Å²) in [5.74, 6) is 0.157. The summed E-state index contributed by atoms with van der Waals surface area (Å²) in [7, 11) is 0. The first-order valence-electron chi connectivity index (χ1n) is 8.52. The second-order valence-corrected chi connectivity index (χ2v) is 6.78. The largest absolute Gasteiger partial charge is 0.586 e. The highest BCUT2D eigenvalue weighted by Crippen LogP contribution is 2.52. The zero-order chi connectivity index (χ0) is 18.6. The van der Waals surface area contributed by atoms with Crippen LogP contribution in [0.2, 0.25) is 0 Å². The molecule has 0 spiro atoms. The Morgan fingerprint density at radius 2 is 1.71 bits per heavy atom. The number of pyridine rings is 1. The first-order valence-corrected chi connectivity index (χ1v) is 8.52. The van der Waals surface area contributed by atoms with E-state index in [0.717, 1.165) is 10.8 Å². The molecule has 5 nitrogen and oxygen atoms in total. The second-order valence-electron chi connectivity index (χ2n) is 6.78. The van der Waals surface area contributed by atoms with Gasteiger partial charge in [-0.1, -0.05) is 30.3 Å². The third-order valence-corrected chi connectivity index (χ3v) is 5.01. The van der Waals surface area contributed by atoms with Crippen LogP contribution in [-0.2, 0) is 10.2 Å². The molecule has 144 valence electrons. The number of halogens is 3. The van der Waals surface area contributed by atoms with Gasteiger partial charge in [0.2, 0.25) is 5.91 Å². The number of alkyl halides is 2. The number of fused-ring (bicyclic) bond motifs is 2. The number of hydrogen-bond donors (Lipinski definition) is 1. The van der Waals surface area contributed by atoms with Crippen molar-refractivity contribution >= 4 is 34.9 Å². The van der Waals surface area contributed by atoms with Crippen molar-refractivity contribution in [2.45, 2.75) is 24.6 Å². The third-order valence-electron chi connectivity index (χ3n) is 5.01. The van der Waals surface area contributed by atoms with Gasteiger partial charge in [0.1, 0.15) is 5.82 Å². The molecule has 1 amide bonds. The van der Waals surface area contributed by atoms with Crippen LogP contribution < -0.4 is 14.8 Å². The van der Waals surface area contributed by atoms with Crippen LogP contribution in [-0.4, -0.2) is 17.2 Å². The fourth-order valence-electron chi connectivity index (χ4n) is 3.41. The van der Waals surface area contributed by atoms with Crippen molar-refractivity contribution in [2.24, 2.45) is 0 Å². The average Bonchev–Trinajstić information content (AvgIpc) is 3.39. The van der Waals surface area contributed by atoms with E-state index in [2.05, 4.69) is 19.8 Å². The number of nitrogens with zero attached hydrogens (tertiary/aromatic N) is 1. The van der Waals surface area contributed by atoms with E-state index in [9.17, 15) is 13.6 Å². The average molecular weight is 405 g/mol. The molecule has 1 fully saturated rings. The molecule has 0 radical (unpaired) electrons. The van der Waals surface area contributed by atoms with E-state index in [0.29, 0.717) is 24.2 Å². The quantitative estimate of drug-likeness (QED) is 0.690. The minimum absolute atomic E-state index is 0. The lowest BCUT2D eigenvalue weighted by Crippen LogP contribution is -2.28. The fourth-order valence-corrected chi connectivity index (χ4v) is 3.41.